The fourth-order valence-electron chi connectivity index (χ4n) is 3.27. The Kier molecular flexibility index (Phi) is 6.42. The van der Waals surface area contributed by atoms with Crippen molar-refractivity contribution in [3.8, 4) is 5.75 Å². The first-order valence-corrected chi connectivity index (χ1v) is 11.0. The molecule has 0 aromatic heterocycles. The second-order valence-electron chi connectivity index (χ2n) is 7.16. The highest BCUT2D eigenvalue weighted by Gasteiger charge is 2.36. The molecule has 1 heterocycles. The average Bonchev–Trinajstić information content (AvgIpc) is 3.08. The lowest BCUT2D eigenvalue weighted by Crippen LogP contribution is -2.27. The van der Waals surface area contributed by atoms with Crippen LogP contribution in [0.5, 0.6) is 5.75 Å². The number of anilines is 1. The van der Waals surface area contributed by atoms with E-state index in [0.717, 1.165) is 16.8 Å². The standard InChI is InChI=1S/C21H24N2O6S/c1-14-4-3-5-19(15(14)2)23-13-16(12-20(23)24)21(25)29-11-10-28-17-6-8-18(9-7-17)30(22,26)27/h3-9,16H,10-13H2,1-2H3,(H2,22,26,27)/t16-/m1/s1. The molecule has 0 saturated carbocycles. The van der Waals surface area contributed by atoms with Gasteiger partial charge in [-0.1, -0.05) is 12.1 Å². The highest BCUT2D eigenvalue weighted by atomic mass is 32.2. The number of sulfonamides is 1. The van der Waals surface area contributed by atoms with E-state index in [0.29, 0.717) is 5.75 Å². The zero-order chi connectivity index (χ0) is 21.9. The van der Waals surface area contributed by atoms with E-state index >= 15 is 0 Å². The number of carbonyl (C=O) groups is 2. The van der Waals surface area contributed by atoms with E-state index in [1.807, 2.05) is 32.0 Å². The van der Waals surface area contributed by atoms with Gasteiger partial charge in [0.25, 0.3) is 0 Å². The second kappa shape index (κ2) is 8.85. The number of rotatable bonds is 7. The summed E-state index contributed by atoms with van der Waals surface area (Å²) in [6.45, 7) is 4.34. The normalized spacial score (nSPS) is 16.6. The van der Waals surface area contributed by atoms with Crippen molar-refractivity contribution in [1.29, 1.82) is 0 Å². The molecule has 8 nitrogen and oxygen atoms in total. The summed E-state index contributed by atoms with van der Waals surface area (Å²) in [6, 6.07) is 11.4. The van der Waals surface area contributed by atoms with Gasteiger partial charge in [-0.15, -0.1) is 0 Å². The molecule has 1 amide bonds. The molecular formula is C21H24N2O6S. The number of benzene rings is 2. The lowest BCUT2D eigenvalue weighted by atomic mass is 10.1. The van der Waals surface area contributed by atoms with Crippen LogP contribution in [0, 0.1) is 19.8 Å². The Morgan fingerprint density at radius 1 is 1.13 bits per heavy atom. The third kappa shape index (κ3) is 4.98. The van der Waals surface area contributed by atoms with Gasteiger partial charge in [0.1, 0.15) is 19.0 Å². The lowest BCUT2D eigenvalue weighted by molar-refractivity contribution is -0.149. The van der Waals surface area contributed by atoms with Gasteiger partial charge in [0.15, 0.2) is 0 Å². The SMILES string of the molecule is Cc1cccc(N2C[C@H](C(=O)OCCOc3ccc(S(N)(=O)=O)cc3)CC2=O)c1C. The van der Waals surface area contributed by atoms with Gasteiger partial charge >= 0.3 is 5.97 Å². The number of carbonyl (C=O) groups excluding carboxylic acids is 2. The minimum Gasteiger partial charge on any atom is -0.490 e. The molecule has 0 unspecified atom stereocenters. The summed E-state index contributed by atoms with van der Waals surface area (Å²) in [7, 11) is -3.76. The highest BCUT2D eigenvalue weighted by Crippen LogP contribution is 2.29. The number of nitrogens with zero attached hydrogens (tertiary/aromatic N) is 1. The van der Waals surface area contributed by atoms with Gasteiger partial charge in [0, 0.05) is 18.7 Å². The van der Waals surface area contributed by atoms with Crippen LogP contribution in [0.25, 0.3) is 0 Å². The van der Waals surface area contributed by atoms with Crippen molar-refractivity contribution in [3.05, 3.63) is 53.6 Å². The molecule has 2 N–H and O–H groups in total. The molecule has 0 aliphatic carbocycles. The fraction of sp³-hybridized carbons (Fsp3) is 0.333. The first-order chi connectivity index (χ1) is 14.2. The molecule has 0 spiro atoms. The Morgan fingerprint density at radius 3 is 2.50 bits per heavy atom. The summed E-state index contributed by atoms with van der Waals surface area (Å²) < 4.78 is 33.1. The van der Waals surface area contributed by atoms with Crippen LogP contribution < -0.4 is 14.8 Å². The molecule has 3 rings (SSSR count). The first kappa shape index (κ1) is 21.8. The van der Waals surface area contributed by atoms with Crippen molar-refractivity contribution < 1.29 is 27.5 Å². The molecule has 9 heteroatoms. The van der Waals surface area contributed by atoms with Gasteiger partial charge in [-0.25, -0.2) is 13.6 Å². The average molecular weight is 432 g/mol. The predicted octanol–water partition coefficient (Wildman–Crippen LogP) is 1.93. The summed E-state index contributed by atoms with van der Waals surface area (Å²) >= 11 is 0. The Labute approximate surface area is 175 Å². The number of esters is 1. The number of aryl methyl sites for hydroxylation is 1. The molecule has 1 aliphatic heterocycles. The predicted molar refractivity (Wildman–Crippen MR) is 111 cm³/mol. The molecule has 1 atom stereocenters. The van der Waals surface area contributed by atoms with Crippen molar-refractivity contribution in [1.82, 2.24) is 0 Å². The first-order valence-electron chi connectivity index (χ1n) is 9.45. The quantitative estimate of drug-likeness (QED) is 0.528. The van der Waals surface area contributed by atoms with Gasteiger partial charge < -0.3 is 14.4 Å². The van der Waals surface area contributed by atoms with Crippen LogP contribution >= 0.6 is 0 Å². The largest absolute Gasteiger partial charge is 0.490 e. The molecule has 0 radical (unpaired) electrons. The molecule has 30 heavy (non-hydrogen) atoms. The van der Waals surface area contributed by atoms with Crippen LogP contribution in [-0.4, -0.2) is 40.1 Å². The monoisotopic (exact) mass is 432 g/mol. The Morgan fingerprint density at radius 2 is 1.83 bits per heavy atom. The number of hydrogen-bond donors (Lipinski definition) is 1. The summed E-state index contributed by atoms with van der Waals surface area (Å²) in [5, 5.41) is 5.04. The number of primary sulfonamides is 1. The van der Waals surface area contributed by atoms with Gasteiger partial charge in [0.2, 0.25) is 15.9 Å². The zero-order valence-electron chi connectivity index (χ0n) is 16.8. The molecule has 1 aliphatic rings. The second-order valence-corrected chi connectivity index (χ2v) is 8.72. The van der Waals surface area contributed by atoms with Crippen molar-refractivity contribution in [2.45, 2.75) is 25.2 Å². The number of amides is 1. The number of ether oxygens (including phenoxy) is 2. The van der Waals surface area contributed by atoms with Crippen molar-refractivity contribution in [2.75, 3.05) is 24.7 Å². The summed E-state index contributed by atoms with van der Waals surface area (Å²) in [5.41, 5.74) is 2.92. The van der Waals surface area contributed by atoms with E-state index < -0.39 is 21.9 Å². The maximum atomic E-state index is 12.4. The van der Waals surface area contributed by atoms with Gasteiger partial charge in [0.05, 0.1) is 10.8 Å². The zero-order valence-corrected chi connectivity index (χ0v) is 17.6. The number of nitrogens with two attached hydrogens (primary N) is 1. The van der Waals surface area contributed by atoms with Crippen LogP contribution in [0.2, 0.25) is 0 Å². The van der Waals surface area contributed by atoms with Gasteiger partial charge in [-0.05, 0) is 55.3 Å². The van der Waals surface area contributed by atoms with Crippen LogP contribution in [0.3, 0.4) is 0 Å². The third-order valence-electron chi connectivity index (χ3n) is 5.07. The molecule has 0 bridgehead atoms. The fourth-order valence-corrected chi connectivity index (χ4v) is 3.79. The van der Waals surface area contributed by atoms with E-state index in [1.54, 1.807) is 4.90 Å². The van der Waals surface area contributed by atoms with E-state index in [2.05, 4.69) is 0 Å². The van der Waals surface area contributed by atoms with Crippen molar-refractivity contribution in [3.63, 3.8) is 0 Å². The van der Waals surface area contributed by atoms with E-state index in [4.69, 9.17) is 14.6 Å². The number of hydrogen-bond acceptors (Lipinski definition) is 6. The Bertz CT molecular complexity index is 1050. The van der Waals surface area contributed by atoms with Crippen LogP contribution in [0.4, 0.5) is 5.69 Å². The lowest BCUT2D eigenvalue weighted by Gasteiger charge is -2.20. The summed E-state index contributed by atoms with van der Waals surface area (Å²) in [6.07, 6.45) is 0.113. The van der Waals surface area contributed by atoms with Crippen LogP contribution in [0.15, 0.2) is 47.4 Å². The molecular weight excluding hydrogens is 408 g/mol. The highest BCUT2D eigenvalue weighted by molar-refractivity contribution is 7.89. The van der Waals surface area contributed by atoms with Crippen molar-refractivity contribution >= 4 is 27.6 Å². The molecule has 1 fully saturated rings. The van der Waals surface area contributed by atoms with Crippen LogP contribution in [0.1, 0.15) is 17.5 Å². The smallest absolute Gasteiger partial charge is 0.311 e. The Hall–Kier alpha value is -2.91. The molecule has 2 aromatic rings. The Balaban J connectivity index is 1.49. The maximum absolute atomic E-state index is 12.4. The molecule has 160 valence electrons. The third-order valence-corrected chi connectivity index (χ3v) is 6.00. The molecule has 2 aromatic carbocycles. The van der Waals surface area contributed by atoms with Gasteiger partial charge in [-0.2, -0.15) is 0 Å². The van der Waals surface area contributed by atoms with E-state index in [9.17, 15) is 18.0 Å². The maximum Gasteiger partial charge on any atom is 0.311 e. The minimum atomic E-state index is -3.76. The van der Waals surface area contributed by atoms with Crippen molar-refractivity contribution in [2.24, 2.45) is 11.1 Å². The van der Waals surface area contributed by atoms with Gasteiger partial charge in [-0.3, -0.25) is 9.59 Å². The van der Waals surface area contributed by atoms with Crippen LogP contribution in [-0.2, 0) is 24.3 Å². The topological polar surface area (TPSA) is 116 Å². The summed E-state index contributed by atoms with van der Waals surface area (Å²) in [4.78, 5) is 26.4. The summed E-state index contributed by atoms with van der Waals surface area (Å²) in [5.74, 6) is -0.636. The van der Waals surface area contributed by atoms with E-state index in [-0.39, 0.29) is 37.0 Å². The molecule has 1 saturated heterocycles. The minimum absolute atomic E-state index is 0.0134. The van der Waals surface area contributed by atoms with E-state index in [1.165, 1.54) is 24.3 Å².